The smallest absolute Gasteiger partial charge is 0.416 e. The van der Waals surface area contributed by atoms with Crippen LogP contribution >= 0.6 is 11.3 Å². The highest BCUT2D eigenvalue weighted by Gasteiger charge is 2.37. The third kappa shape index (κ3) is 4.32. The molecule has 0 amide bonds. The van der Waals surface area contributed by atoms with E-state index in [9.17, 15) is 34.8 Å². The van der Waals surface area contributed by atoms with Crippen LogP contribution in [-0.4, -0.2) is 19.5 Å². The molecule has 0 aliphatic rings. The first-order valence-corrected chi connectivity index (χ1v) is 11.4. The van der Waals surface area contributed by atoms with E-state index in [1.807, 2.05) is 0 Å². The topological polar surface area (TPSA) is 48.3 Å². The molecular weight excluding hydrogens is 492 g/mol. The van der Waals surface area contributed by atoms with Crippen LogP contribution in [0.5, 0.6) is 5.75 Å². The molecular formula is C21H13F6NO3S2. The van der Waals surface area contributed by atoms with E-state index in [1.54, 1.807) is 18.2 Å². The minimum Gasteiger partial charge on any atom is -0.497 e. The normalized spacial score (nSPS) is 12.9. The number of halogens is 6. The Labute approximate surface area is 187 Å². The molecule has 0 radical (unpaired) electrons. The van der Waals surface area contributed by atoms with Crippen LogP contribution in [0.25, 0.3) is 21.3 Å². The molecule has 0 bridgehead atoms. The molecule has 2 aromatic carbocycles. The summed E-state index contributed by atoms with van der Waals surface area (Å²) in [4.78, 5) is -0.0525. The average molecular weight is 505 g/mol. The van der Waals surface area contributed by atoms with Gasteiger partial charge in [-0.3, -0.25) is 0 Å². The highest BCUT2D eigenvalue weighted by molar-refractivity contribution is 7.92. The number of ether oxygens (including phenoxy) is 1. The van der Waals surface area contributed by atoms with Gasteiger partial charge in [0.2, 0.25) is 0 Å². The Morgan fingerprint density at radius 2 is 1.48 bits per heavy atom. The second-order valence-corrected chi connectivity index (χ2v) is 10.1. The summed E-state index contributed by atoms with van der Waals surface area (Å²) in [7, 11) is -2.70. The van der Waals surface area contributed by atoms with Gasteiger partial charge in [0.05, 0.1) is 23.8 Å². The summed E-state index contributed by atoms with van der Waals surface area (Å²) in [5, 5.41) is 0.572. The van der Waals surface area contributed by atoms with Crippen molar-refractivity contribution in [2.45, 2.75) is 16.6 Å². The van der Waals surface area contributed by atoms with Crippen molar-refractivity contribution in [3.63, 3.8) is 0 Å². The fraction of sp³-hybridized carbons (Fsp3) is 0.143. The number of hydrogen-bond donors (Lipinski definition) is 0. The number of thiophene rings is 1. The molecule has 0 saturated carbocycles. The first-order valence-electron chi connectivity index (χ1n) is 9.11. The lowest BCUT2D eigenvalue weighted by Crippen LogP contribution is -2.11. The first kappa shape index (κ1) is 23.2. The van der Waals surface area contributed by atoms with E-state index >= 15 is 0 Å². The van der Waals surface area contributed by atoms with Crippen LogP contribution < -0.4 is 4.74 Å². The van der Waals surface area contributed by atoms with Crippen molar-refractivity contribution in [3.05, 3.63) is 71.9 Å². The monoisotopic (exact) mass is 505 g/mol. The van der Waals surface area contributed by atoms with Gasteiger partial charge in [-0.2, -0.15) is 34.8 Å². The average Bonchev–Trinajstić information content (AvgIpc) is 3.39. The molecule has 0 saturated heterocycles. The van der Waals surface area contributed by atoms with E-state index in [1.165, 1.54) is 25.4 Å². The molecule has 0 fully saturated rings. The fourth-order valence-electron chi connectivity index (χ4n) is 3.24. The van der Waals surface area contributed by atoms with E-state index in [4.69, 9.17) is 4.74 Å². The largest absolute Gasteiger partial charge is 0.497 e. The molecule has 33 heavy (non-hydrogen) atoms. The van der Waals surface area contributed by atoms with Gasteiger partial charge >= 0.3 is 12.4 Å². The molecule has 2 aromatic heterocycles. The SMILES string of the molecule is COc1ccc2c(ccn2S(=O)(=O)c2ccc(-c3cc(C(F)(F)F)cc(C(F)(F)F)c3)s2)c1. The van der Waals surface area contributed by atoms with E-state index in [0.717, 1.165) is 10.0 Å². The van der Waals surface area contributed by atoms with Gasteiger partial charge in [-0.25, -0.2) is 3.97 Å². The molecule has 0 aliphatic heterocycles. The number of benzene rings is 2. The molecule has 0 atom stereocenters. The number of hydrogen-bond acceptors (Lipinski definition) is 4. The summed E-state index contributed by atoms with van der Waals surface area (Å²) >= 11 is 0.578. The maximum absolute atomic E-state index is 13.2. The quantitative estimate of drug-likeness (QED) is 0.292. The lowest BCUT2D eigenvalue weighted by molar-refractivity contribution is -0.143. The zero-order valence-corrected chi connectivity index (χ0v) is 18.2. The molecule has 0 unspecified atom stereocenters. The predicted molar refractivity (Wildman–Crippen MR) is 111 cm³/mol. The van der Waals surface area contributed by atoms with E-state index < -0.39 is 33.5 Å². The number of alkyl halides is 6. The maximum Gasteiger partial charge on any atom is 0.416 e. The number of nitrogens with zero attached hydrogens (tertiary/aromatic N) is 1. The summed E-state index contributed by atoms with van der Waals surface area (Å²) < 4.78 is 111. The Hall–Kier alpha value is -2.99. The van der Waals surface area contributed by atoms with E-state index in [0.29, 0.717) is 40.1 Å². The van der Waals surface area contributed by atoms with Crippen molar-refractivity contribution in [2.24, 2.45) is 0 Å². The van der Waals surface area contributed by atoms with Crippen molar-refractivity contribution >= 4 is 32.3 Å². The van der Waals surface area contributed by atoms with Crippen molar-refractivity contribution < 1.29 is 39.5 Å². The summed E-state index contributed by atoms with van der Waals surface area (Å²) in [6, 6.07) is 9.76. The standard InChI is InChI=1S/C21H13F6NO3S2/c1-31-16-2-3-17-12(10-16)6-7-28(17)33(29,30)19-5-4-18(32-19)13-8-14(20(22,23)24)11-15(9-13)21(25,26)27/h2-11H,1H3. The van der Waals surface area contributed by atoms with Crippen molar-refractivity contribution in [2.75, 3.05) is 7.11 Å². The Balaban J connectivity index is 1.80. The third-order valence-electron chi connectivity index (χ3n) is 4.83. The molecule has 12 heteroatoms. The van der Waals surface area contributed by atoms with Crippen molar-refractivity contribution in [3.8, 4) is 16.2 Å². The van der Waals surface area contributed by atoms with E-state index in [2.05, 4.69) is 0 Å². The van der Waals surface area contributed by atoms with Gasteiger partial charge in [0, 0.05) is 16.5 Å². The van der Waals surface area contributed by atoms with Gasteiger partial charge in [0.25, 0.3) is 10.0 Å². The second-order valence-electron chi connectivity index (χ2n) is 6.95. The lowest BCUT2D eigenvalue weighted by Gasteiger charge is -2.13. The van der Waals surface area contributed by atoms with Crippen LogP contribution in [0.15, 0.2) is 65.0 Å². The van der Waals surface area contributed by atoms with Crippen LogP contribution in [0, 0.1) is 0 Å². The second kappa shape index (κ2) is 7.80. The van der Waals surface area contributed by atoms with Gasteiger partial charge in [-0.1, -0.05) is 0 Å². The van der Waals surface area contributed by atoms with Gasteiger partial charge in [-0.15, -0.1) is 11.3 Å². The minimum absolute atomic E-state index is 0.0228. The number of fused-ring (bicyclic) bond motifs is 1. The molecule has 0 aliphatic carbocycles. The number of aromatic nitrogens is 1. The Kier molecular flexibility index (Phi) is 5.48. The predicted octanol–water partition coefficient (Wildman–Crippen LogP) is 6.65. The zero-order valence-electron chi connectivity index (χ0n) is 16.5. The molecule has 4 nitrogen and oxygen atoms in total. The van der Waals surface area contributed by atoms with E-state index in [-0.39, 0.29) is 20.7 Å². The molecule has 0 spiro atoms. The highest BCUT2D eigenvalue weighted by atomic mass is 32.2. The molecule has 174 valence electrons. The Bertz CT molecular complexity index is 1420. The first-order chi connectivity index (χ1) is 15.3. The Morgan fingerprint density at radius 1 is 0.848 bits per heavy atom. The van der Waals surface area contributed by atoms with Crippen LogP contribution in [0.2, 0.25) is 0 Å². The zero-order chi connectivity index (χ0) is 24.2. The van der Waals surface area contributed by atoms with Gasteiger partial charge < -0.3 is 4.74 Å². The summed E-state index contributed by atoms with van der Waals surface area (Å²) in [5.74, 6) is 0.515. The van der Waals surface area contributed by atoms with Crippen LogP contribution in [0.1, 0.15) is 11.1 Å². The van der Waals surface area contributed by atoms with Crippen LogP contribution in [0.3, 0.4) is 0 Å². The highest BCUT2D eigenvalue weighted by Crippen LogP contribution is 2.41. The molecule has 0 N–H and O–H groups in total. The Morgan fingerprint density at radius 3 is 2.06 bits per heavy atom. The fourth-order valence-corrected chi connectivity index (χ4v) is 5.98. The third-order valence-corrected chi connectivity index (χ3v) is 8.12. The van der Waals surface area contributed by atoms with Gasteiger partial charge in [0.1, 0.15) is 9.96 Å². The molecule has 2 heterocycles. The van der Waals surface area contributed by atoms with Gasteiger partial charge in [-0.05, 0) is 60.2 Å². The summed E-state index contributed by atoms with van der Waals surface area (Å²) in [5.41, 5.74) is -3.00. The molecule has 4 aromatic rings. The molecule has 4 rings (SSSR count). The summed E-state index contributed by atoms with van der Waals surface area (Å²) in [6.45, 7) is 0. The number of methoxy groups -OCH3 is 1. The van der Waals surface area contributed by atoms with Gasteiger partial charge in [0.15, 0.2) is 0 Å². The minimum atomic E-state index is -5.01. The maximum atomic E-state index is 13.2. The van der Waals surface area contributed by atoms with Crippen LogP contribution in [-0.2, 0) is 22.4 Å². The van der Waals surface area contributed by atoms with Crippen LogP contribution in [0.4, 0.5) is 26.3 Å². The van der Waals surface area contributed by atoms with Crippen molar-refractivity contribution in [1.82, 2.24) is 3.97 Å². The number of rotatable bonds is 4. The summed E-state index contributed by atoms with van der Waals surface area (Å²) in [6.07, 6.45) is -8.70. The van der Waals surface area contributed by atoms with Crippen molar-refractivity contribution in [1.29, 1.82) is 0 Å². The lowest BCUT2D eigenvalue weighted by atomic mass is 10.0.